The van der Waals surface area contributed by atoms with Crippen LogP contribution in [0.1, 0.15) is 82.4 Å². The van der Waals surface area contributed by atoms with E-state index in [1.165, 1.54) is 57.8 Å². The zero-order valence-corrected chi connectivity index (χ0v) is 12.8. The van der Waals surface area contributed by atoms with Crippen molar-refractivity contribution >= 4 is 11.6 Å². The minimum atomic E-state index is 0.487. The molecule has 0 aliphatic heterocycles. The molecule has 0 spiro atoms. The summed E-state index contributed by atoms with van der Waals surface area (Å²) in [6.07, 6.45) is 13.0. The van der Waals surface area contributed by atoms with E-state index in [1.807, 2.05) is 0 Å². The number of nitrogens with zero attached hydrogens (tertiary/aromatic N) is 3. The van der Waals surface area contributed by atoms with E-state index in [2.05, 4.69) is 21.7 Å². The second-order valence-corrected chi connectivity index (χ2v) is 5.91. The van der Waals surface area contributed by atoms with Crippen LogP contribution in [0.3, 0.4) is 0 Å². The predicted molar refractivity (Wildman–Crippen MR) is 79.5 cm³/mol. The number of hydrogen-bond acceptors (Lipinski definition) is 2. The predicted octanol–water partition coefficient (Wildman–Crippen LogP) is 4.64. The van der Waals surface area contributed by atoms with Gasteiger partial charge in [0, 0.05) is 12.5 Å². The number of hydrogen-bond donors (Lipinski definition) is 0. The summed E-state index contributed by atoms with van der Waals surface area (Å²) in [5.41, 5.74) is 0. The number of rotatable bonds is 10. The minimum Gasteiger partial charge on any atom is -0.311 e. The summed E-state index contributed by atoms with van der Waals surface area (Å²) >= 11 is 5.93. The molecule has 1 aliphatic rings. The Balaban J connectivity index is 1.69. The van der Waals surface area contributed by atoms with Crippen LogP contribution in [0.5, 0.6) is 0 Å². The van der Waals surface area contributed by atoms with E-state index >= 15 is 0 Å². The summed E-state index contributed by atoms with van der Waals surface area (Å²) in [6, 6.07) is 0.642. The minimum absolute atomic E-state index is 0.487. The van der Waals surface area contributed by atoms with Crippen molar-refractivity contribution in [2.75, 3.05) is 0 Å². The molecule has 2 rings (SSSR count). The Labute approximate surface area is 121 Å². The molecule has 0 radical (unpaired) electrons. The Kier molecular flexibility index (Phi) is 6.15. The van der Waals surface area contributed by atoms with Gasteiger partial charge in [0.1, 0.15) is 11.6 Å². The summed E-state index contributed by atoms with van der Waals surface area (Å²) in [4.78, 5) is 0. The summed E-state index contributed by atoms with van der Waals surface area (Å²) in [7, 11) is 0. The van der Waals surface area contributed by atoms with Gasteiger partial charge in [0.2, 0.25) is 0 Å². The number of aryl methyl sites for hydroxylation is 1. The van der Waals surface area contributed by atoms with E-state index in [1.54, 1.807) is 0 Å². The topological polar surface area (TPSA) is 30.7 Å². The van der Waals surface area contributed by atoms with Gasteiger partial charge in [-0.3, -0.25) is 0 Å². The lowest BCUT2D eigenvalue weighted by molar-refractivity contribution is 0.571. The highest BCUT2D eigenvalue weighted by molar-refractivity contribution is 6.16. The second kappa shape index (κ2) is 7.88. The Hall–Kier alpha value is -0.570. The van der Waals surface area contributed by atoms with E-state index in [4.69, 9.17) is 11.6 Å². The maximum atomic E-state index is 5.93. The van der Waals surface area contributed by atoms with Crippen LogP contribution in [0, 0.1) is 0 Å². The first-order chi connectivity index (χ1) is 9.36. The van der Waals surface area contributed by atoms with Crippen LogP contribution in [0.25, 0.3) is 0 Å². The molecule has 1 aliphatic carbocycles. The van der Waals surface area contributed by atoms with Crippen LogP contribution in [-0.4, -0.2) is 14.8 Å². The van der Waals surface area contributed by atoms with Gasteiger partial charge in [0.05, 0.1) is 5.88 Å². The van der Waals surface area contributed by atoms with Gasteiger partial charge in [0.15, 0.2) is 0 Å². The lowest BCUT2D eigenvalue weighted by Gasteiger charge is -2.07. The third-order valence-corrected chi connectivity index (χ3v) is 4.11. The lowest BCUT2D eigenvalue weighted by atomic mass is 10.1. The first-order valence-corrected chi connectivity index (χ1v) is 8.39. The molecule has 0 bridgehead atoms. The molecule has 4 heteroatoms. The quantitative estimate of drug-likeness (QED) is 0.462. The average Bonchev–Trinajstić information content (AvgIpc) is 3.18. The first-order valence-electron chi connectivity index (χ1n) is 7.85. The molecule has 3 nitrogen and oxygen atoms in total. The van der Waals surface area contributed by atoms with Gasteiger partial charge in [-0.05, 0) is 19.3 Å². The maximum Gasteiger partial charge on any atom is 0.148 e. The third-order valence-electron chi connectivity index (χ3n) is 3.87. The Bertz CT molecular complexity index is 371. The smallest absolute Gasteiger partial charge is 0.148 e. The maximum absolute atomic E-state index is 5.93. The summed E-state index contributed by atoms with van der Waals surface area (Å²) in [5, 5.41) is 8.54. The highest BCUT2D eigenvalue weighted by Gasteiger charge is 2.28. The number of unbranched alkanes of at least 4 members (excludes halogenated alkanes) is 6. The molecule has 0 unspecified atom stereocenters. The van der Waals surface area contributed by atoms with E-state index < -0.39 is 0 Å². The fourth-order valence-electron chi connectivity index (χ4n) is 2.62. The van der Waals surface area contributed by atoms with Gasteiger partial charge in [-0.1, -0.05) is 45.4 Å². The van der Waals surface area contributed by atoms with Crippen LogP contribution in [-0.2, 0) is 12.3 Å². The molecule has 19 heavy (non-hydrogen) atoms. The van der Waals surface area contributed by atoms with E-state index in [0.717, 1.165) is 18.1 Å². The molecule has 1 saturated carbocycles. The van der Waals surface area contributed by atoms with Crippen molar-refractivity contribution in [3.05, 3.63) is 11.6 Å². The first kappa shape index (κ1) is 14.8. The normalized spacial score (nSPS) is 15.1. The summed E-state index contributed by atoms with van der Waals surface area (Å²) < 4.78 is 2.30. The highest BCUT2D eigenvalue weighted by Crippen LogP contribution is 2.37. The van der Waals surface area contributed by atoms with E-state index in [-0.39, 0.29) is 0 Å². The van der Waals surface area contributed by atoms with Gasteiger partial charge in [-0.15, -0.1) is 21.8 Å². The molecule has 1 fully saturated rings. The molecule has 0 saturated heterocycles. The zero-order valence-electron chi connectivity index (χ0n) is 12.1. The molecule has 1 aromatic rings. The van der Waals surface area contributed by atoms with Crippen molar-refractivity contribution in [3.8, 4) is 0 Å². The van der Waals surface area contributed by atoms with Crippen molar-refractivity contribution in [1.82, 2.24) is 14.8 Å². The Morgan fingerprint density at radius 2 is 1.63 bits per heavy atom. The fraction of sp³-hybridized carbons (Fsp3) is 0.867. The van der Waals surface area contributed by atoms with Crippen molar-refractivity contribution in [3.63, 3.8) is 0 Å². The molecular weight excluding hydrogens is 258 g/mol. The van der Waals surface area contributed by atoms with Crippen LogP contribution in [0.4, 0.5) is 0 Å². The molecule has 1 aromatic heterocycles. The molecule has 0 amide bonds. The van der Waals surface area contributed by atoms with Gasteiger partial charge in [-0.2, -0.15) is 0 Å². The van der Waals surface area contributed by atoms with Crippen LogP contribution in [0.2, 0.25) is 0 Å². The number of alkyl halides is 1. The number of halogens is 1. The molecule has 0 aromatic carbocycles. The van der Waals surface area contributed by atoms with Gasteiger partial charge in [0.25, 0.3) is 0 Å². The van der Waals surface area contributed by atoms with Crippen molar-refractivity contribution in [1.29, 1.82) is 0 Å². The molecular formula is C15H26ClN3. The fourth-order valence-corrected chi connectivity index (χ4v) is 2.80. The van der Waals surface area contributed by atoms with Crippen molar-refractivity contribution in [2.45, 2.75) is 83.1 Å². The molecule has 108 valence electrons. The van der Waals surface area contributed by atoms with Gasteiger partial charge in [-0.25, -0.2) is 0 Å². The molecule has 1 heterocycles. The van der Waals surface area contributed by atoms with Crippen LogP contribution in [0.15, 0.2) is 0 Å². The second-order valence-electron chi connectivity index (χ2n) is 5.64. The van der Waals surface area contributed by atoms with E-state index in [9.17, 15) is 0 Å². The lowest BCUT2D eigenvalue weighted by Crippen LogP contribution is -2.05. The molecule has 0 atom stereocenters. The highest BCUT2D eigenvalue weighted by atomic mass is 35.5. The third kappa shape index (κ3) is 4.48. The average molecular weight is 284 g/mol. The van der Waals surface area contributed by atoms with Crippen LogP contribution < -0.4 is 0 Å². The summed E-state index contributed by atoms with van der Waals surface area (Å²) in [5.74, 6) is 2.61. The largest absolute Gasteiger partial charge is 0.311 e. The number of aromatic nitrogens is 3. The van der Waals surface area contributed by atoms with E-state index in [0.29, 0.717) is 11.9 Å². The Morgan fingerprint density at radius 1 is 1.00 bits per heavy atom. The Morgan fingerprint density at radius 3 is 2.26 bits per heavy atom. The van der Waals surface area contributed by atoms with Crippen molar-refractivity contribution in [2.24, 2.45) is 0 Å². The van der Waals surface area contributed by atoms with Gasteiger partial charge >= 0.3 is 0 Å². The van der Waals surface area contributed by atoms with Gasteiger partial charge < -0.3 is 4.57 Å². The van der Waals surface area contributed by atoms with Crippen molar-refractivity contribution < 1.29 is 0 Å². The molecule has 0 N–H and O–H groups in total. The van der Waals surface area contributed by atoms with Crippen LogP contribution >= 0.6 is 11.6 Å². The monoisotopic (exact) mass is 283 g/mol. The zero-order chi connectivity index (χ0) is 13.5. The summed E-state index contributed by atoms with van der Waals surface area (Å²) in [6.45, 7) is 2.26. The standard InChI is InChI=1S/C15H26ClN3/c1-2-3-4-5-6-7-8-9-14-17-18-15(12-16)19(14)13-10-11-13/h13H,2-12H2,1H3. The SMILES string of the molecule is CCCCCCCCCc1nnc(CCl)n1C1CC1.